The highest BCUT2D eigenvalue weighted by Gasteiger charge is 2.33. The summed E-state index contributed by atoms with van der Waals surface area (Å²) in [7, 11) is 0. The molecule has 0 aliphatic carbocycles. The van der Waals surface area contributed by atoms with E-state index in [1.807, 2.05) is 0 Å². The van der Waals surface area contributed by atoms with Crippen molar-refractivity contribution >= 4 is 5.97 Å². The Morgan fingerprint density at radius 1 is 1.32 bits per heavy atom. The van der Waals surface area contributed by atoms with Crippen molar-refractivity contribution < 1.29 is 37.4 Å². The zero-order chi connectivity index (χ0) is 18.6. The third-order valence-corrected chi connectivity index (χ3v) is 2.84. The summed E-state index contributed by atoms with van der Waals surface area (Å²) in [6.07, 6.45) is -4.23. The van der Waals surface area contributed by atoms with Gasteiger partial charge in [0.2, 0.25) is 5.88 Å². The van der Waals surface area contributed by atoms with Gasteiger partial charge < -0.3 is 19.4 Å². The zero-order valence-electron chi connectivity index (χ0n) is 13.3. The number of aromatic nitrogens is 2. The minimum absolute atomic E-state index is 0.0486. The van der Waals surface area contributed by atoms with Crippen LogP contribution in [0.2, 0.25) is 0 Å². The van der Waals surface area contributed by atoms with Gasteiger partial charge in [0.15, 0.2) is 0 Å². The first-order valence-electron chi connectivity index (χ1n) is 7.12. The van der Waals surface area contributed by atoms with Crippen molar-refractivity contribution in [1.29, 1.82) is 0 Å². The van der Waals surface area contributed by atoms with E-state index in [2.05, 4.69) is 9.84 Å². The van der Waals surface area contributed by atoms with Crippen molar-refractivity contribution in [1.82, 2.24) is 9.94 Å². The number of rotatable bonds is 6. The monoisotopic (exact) mass is 360 g/mol. The molecule has 2 aromatic rings. The number of alkyl halides is 3. The highest BCUT2D eigenvalue weighted by Crippen LogP contribution is 2.30. The lowest BCUT2D eigenvalue weighted by molar-refractivity contribution is -0.275. The van der Waals surface area contributed by atoms with Gasteiger partial charge >= 0.3 is 12.3 Å². The molecule has 0 bridgehead atoms. The SMILES string of the molecule is CC(C)OC(=O)c1cccc(OC(F)(F)F)c1COc1ccn(O)n1. The van der Waals surface area contributed by atoms with E-state index < -0.39 is 30.8 Å². The summed E-state index contributed by atoms with van der Waals surface area (Å²) in [6.45, 7) is 2.77. The second kappa shape index (κ2) is 7.32. The van der Waals surface area contributed by atoms with E-state index in [0.29, 0.717) is 4.85 Å². The van der Waals surface area contributed by atoms with E-state index in [0.717, 1.165) is 6.07 Å². The molecule has 0 atom stereocenters. The smallest absolute Gasteiger partial charge is 0.471 e. The van der Waals surface area contributed by atoms with Crippen molar-refractivity contribution in [3.8, 4) is 11.6 Å². The molecule has 0 spiro atoms. The molecule has 0 fully saturated rings. The zero-order valence-corrected chi connectivity index (χ0v) is 13.3. The van der Waals surface area contributed by atoms with Gasteiger partial charge in [-0.05, 0) is 26.0 Å². The molecular formula is C15H15F3N2O5. The maximum Gasteiger partial charge on any atom is 0.573 e. The van der Waals surface area contributed by atoms with Crippen molar-refractivity contribution in [2.45, 2.75) is 32.9 Å². The van der Waals surface area contributed by atoms with Crippen molar-refractivity contribution in [2.75, 3.05) is 0 Å². The van der Waals surface area contributed by atoms with Crippen LogP contribution in [-0.2, 0) is 11.3 Å². The number of nitrogens with zero attached hydrogens (tertiary/aromatic N) is 2. The molecule has 0 radical (unpaired) electrons. The molecule has 7 nitrogen and oxygen atoms in total. The fourth-order valence-corrected chi connectivity index (χ4v) is 1.92. The van der Waals surface area contributed by atoms with Gasteiger partial charge in [-0.25, -0.2) is 4.79 Å². The molecule has 25 heavy (non-hydrogen) atoms. The van der Waals surface area contributed by atoms with Crippen LogP contribution in [-0.4, -0.2) is 33.6 Å². The fraction of sp³-hybridized carbons (Fsp3) is 0.333. The Morgan fingerprint density at radius 3 is 2.60 bits per heavy atom. The average molecular weight is 360 g/mol. The molecule has 1 N–H and O–H groups in total. The van der Waals surface area contributed by atoms with E-state index in [-0.39, 0.29) is 17.0 Å². The Bertz CT molecular complexity index is 743. The van der Waals surface area contributed by atoms with Gasteiger partial charge in [-0.3, -0.25) is 0 Å². The summed E-state index contributed by atoms with van der Waals surface area (Å²) < 4.78 is 52.0. The summed E-state index contributed by atoms with van der Waals surface area (Å²) in [6, 6.07) is 4.89. The van der Waals surface area contributed by atoms with Gasteiger partial charge in [-0.2, -0.15) is 0 Å². The van der Waals surface area contributed by atoms with Crippen LogP contribution in [0.3, 0.4) is 0 Å². The fourth-order valence-electron chi connectivity index (χ4n) is 1.92. The van der Waals surface area contributed by atoms with E-state index in [1.54, 1.807) is 13.8 Å². The number of ether oxygens (including phenoxy) is 3. The van der Waals surface area contributed by atoms with Crippen LogP contribution >= 0.6 is 0 Å². The summed E-state index contributed by atoms with van der Waals surface area (Å²) in [5.74, 6) is -1.45. The number of carbonyl (C=O) groups is 1. The first kappa shape index (κ1) is 18.4. The normalized spacial score (nSPS) is 11.4. The van der Waals surface area contributed by atoms with Gasteiger partial charge in [0.05, 0.1) is 17.9 Å². The average Bonchev–Trinajstić information content (AvgIpc) is 2.89. The molecule has 0 aliphatic heterocycles. The first-order valence-corrected chi connectivity index (χ1v) is 7.12. The van der Waals surface area contributed by atoms with Crippen LogP contribution in [0.15, 0.2) is 30.5 Å². The molecule has 0 aliphatic rings. The molecule has 136 valence electrons. The second-order valence-corrected chi connectivity index (χ2v) is 5.15. The predicted molar refractivity (Wildman–Crippen MR) is 77.4 cm³/mol. The second-order valence-electron chi connectivity index (χ2n) is 5.15. The van der Waals surface area contributed by atoms with Crippen LogP contribution in [0.1, 0.15) is 29.8 Å². The molecule has 0 amide bonds. The third-order valence-electron chi connectivity index (χ3n) is 2.84. The van der Waals surface area contributed by atoms with E-state index in [1.165, 1.54) is 24.4 Å². The van der Waals surface area contributed by atoms with E-state index >= 15 is 0 Å². The Balaban J connectivity index is 2.34. The maximum absolute atomic E-state index is 12.6. The molecule has 0 saturated carbocycles. The summed E-state index contributed by atoms with van der Waals surface area (Å²) in [5, 5.41) is 12.6. The van der Waals surface area contributed by atoms with Crippen LogP contribution in [0.5, 0.6) is 11.6 Å². The maximum atomic E-state index is 12.6. The van der Waals surface area contributed by atoms with Crippen molar-refractivity contribution in [3.05, 3.63) is 41.6 Å². The summed E-state index contributed by atoms with van der Waals surface area (Å²) in [5.41, 5.74) is -0.281. The first-order chi connectivity index (χ1) is 11.7. The minimum atomic E-state index is -4.94. The number of hydrogen-bond donors (Lipinski definition) is 1. The molecular weight excluding hydrogens is 345 g/mol. The minimum Gasteiger partial charge on any atom is -0.471 e. The van der Waals surface area contributed by atoms with Gasteiger partial charge in [0.1, 0.15) is 12.4 Å². The van der Waals surface area contributed by atoms with Gasteiger partial charge in [-0.1, -0.05) is 11.2 Å². The number of carbonyl (C=O) groups excluding carboxylic acids is 1. The predicted octanol–water partition coefficient (Wildman–Crippen LogP) is 3.16. The lowest BCUT2D eigenvalue weighted by Gasteiger charge is -2.17. The van der Waals surface area contributed by atoms with Crippen molar-refractivity contribution in [2.24, 2.45) is 0 Å². The molecule has 0 saturated heterocycles. The third kappa shape index (κ3) is 5.30. The quantitative estimate of drug-likeness (QED) is 0.629. The summed E-state index contributed by atoms with van der Waals surface area (Å²) >= 11 is 0. The molecule has 1 heterocycles. The van der Waals surface area contributed by atoms with Gasteiger partial charge in [0, 0.05) is 11.6 Å². The van der Waals surface area contributed by atoms with Crippen molar-refractivity contribution in [3.63, 3.8) is 0 Å². The molecule has 10 heteroatoms. The number of benzene rings is 1. The Morgan fingerprint density at radius 2 is 2.04 bits per heavy atom. The highest BCUT2D eigenvalue weighted by molar-refractivity contribution is 5.92. The Hall–Kier alpha value is -2.91. The highest BCUT2D eigenvalue weighted by atomic mass is 19.4. The van der Waals surface area contributed by atoms with E-state index in [4.69, 9.17) is 14.7 Å². The van der Waals surface area contributed by atoms with Crippen LogP contribution in [0, 0.1) is 0 Å². The van der Waals surface area contributed by atoms with Crippen LogP contribution in [0.25, 0.3) is 0 Å². The Labute approximate surface area is 140 Å². The molecule has 1 aromatic carbocycles. The topological polar surface area (TPSA) is 82.8 Å². The molecule has 1 aromatic heterocycles. The number of halogens is 3. The lowest BCUT2D eigenvalue weighted by Crippen LogP contribution is -2.20. The Kier molecular flexibility index (Phi) is 5.40. The summed E-state index contributed by atoms with van der Waals surface area (Å²) in [4.78, 5) is 12.6. The van der Waals surface area contributed by atoms with Crippen LogP contribution < -0.4 is 9.47 Å². The van der Waals surface area contributed by atoms with Gasteiger partial charge in [-0.15, -0.1) is 18.0 Å². The van der Waals surface area contributed by atoms with E-state index in [9.17, 15) is 18.0 Å². The molecule has 0 unspecified atom stereocenters. The largest absolute Gasteiger partial charge is 0.573 e. The lowest BCUT2D eigenvalue weighted by atomic mass is 10.1. The number of hydrogen-bond acceptors (Lipinski definition) is 6. The molecule has 2 rings (SSSR count). The number of esters is 1. The standard InChI is InChI=1S/C15H15F3N2O5/c1-9(2)24-14(21)10-4-3-5-12(25-15(16,17)18)11(10)8-23-13-6-7-20(22)19-13/h3-7,9,22H,8H2,1-2H3. The van der Waals surface area contributed by atoms with Crippen LogP contribution in [0.4, 0.5) is 13.2 Å². The van der Waals surface area contributed by atoms with Gasteiger partial charge in [0.25, 0.3) is 0 Å².